The first kappa shape index (κ1) is 28.6. The van der Waals surface area contributed by atoms with E-state index in [9.17, 15) is 19.2 Å². The van der Waals surface area contributed by atoms with Crippen molar-refractivity contribution in [1.29, 1.82) is 0 Å². The molecule has 3 atom stereocenters. The van der Waals surface area contributed by atoms with E-state index in [0.29, 0.717) is 0 Å². The van der Waals surface area contributed by atoms with Gasteiger partial charge in [0.25, 0.3) is 0 Å². The molecule has 0 aliphatic carbocycles. The Labute approximate surface area is 152 Å². The van der Waals surface area contributed by atoms with E-state index in [4.69, 9.17) is 38.3 Å². The molecule has 0 bridgehead atoms. The fourth-order valence-corrected chi connectivity index (χ4v) is 0.992. The molecule has 0 saturated carbocycles. The standard InChI is InChI=1S/C5H10N2O3.2C5H11NO2/c6-3(5(9)10)1-2-4(7)8;2*1-3(2)4(6)5(7)8/h3H,1-2,6H2,(H2,7,8)(H,9,10);2*3-4H,6H2,1-2H3,(H,7,8)/t3-;2*4-/m000/s1. The fourth-order valence-electron chi connectivity index (χ4n) is 0.992. The summed E-state index contributed by atoms with van der Waals surface area (Å²) in [4.78, 5) is 40.2. The van der Waals surface area contributed by atoms with Crippen molar-refractivity contribution in [3.8, 4) is 0 Å². The van der Waals surface area contributed by atoms with E-state index in [1.165, 1.54) is 0 Å². The molecule has 0 aromatic heterocycles. The zero-order valence-corrected chi connectivity index (χ0v) is 15.6. The number of nitrogens with two attached hydrogens (primary N) is 4. The minimum Gasteiger partial charge on any atom is -0.480 e. The highest BCUT2D eigenvalue weighted by Gasteiger charge is 2.15. The third kappa shape index (κ3) is 18.1. The molecule has 26 heavy (non-hydrogen) atoms. The lowest BCUT2D eigenvalue weighted by atomic mass is 10.1. The van der Waals surface area contributed by atoms with Gasteiger partial charge in [-0.2, -0.15) is 0 Å². The average Bonchev–Trinajstić information content (AvgIpc) is 2.51. The molecule has 0 unspecified atom stereocenters. The highest BCUT2D eigenvalue weighted by Crippen LogP contribution is 1.97. The Morgan fingerprint density at radius 3 is 1.15 bits per heavy atom. The van der Waals surface area contributed by atoms with Crippen LogP contribution in [-0.2, 0) is 19.2 Å². The van der Waals surface area contributed by atoms with E-state index >= 15 is 0 Å². The zero-order valence-electron chi connectivity index (χ0n) is 15.6. The lowest BCUT2D eigenvalue weighted by Gasteiger charge is -2.07. The molecule has 0 heterocycles. The number of amides is 1. The number of hydrogen-bond donors (Lipinski definition) is 7. The molecule has 0 aliphatic rings. The number of carboxylic acid groups (broad SMARTS) is 3. The smallest absolute Gasteiger partial charge is 0.320 e. The lowest BCUT2D eigenvalue weighted by molar-refractivity contribution is -0.140. The van der Waals surface area contributed by atoms with Crippen molar-refractivity contribution >= 4 is 23.8 Å². The first-order valence-electron chi connectivity index (χ1n) is 7.88. The summed E-state index contributed by atoms with van der Waals surface area (Å²) in [5, 5.41) is 24.7. The molecule has 0 aromatic rings. The maximum atomic E-state index is 10.1. The number of hydrogen-bond acceptors (Lipinski definition) is 7. The Morgan fingerprint density at radius 2 is 1.04 bits per heavy atom. The van der Waals surface area contributed by atoms with Crippen LogP contribution in [-0.4, -0.2) is 57.3 Å². The maximum absolute atomic E-state index is 10.1. The summed E-state index contributed by atoms with van der Waals surface area (Å²) in [6.45, 7) is 7.11. The quantitative estimate of drug-likeness (QED) is 0.265. The lowest BCUT2D eigenvalue weighted by Crippen LogP contribution is -2.34. The van der Waals surface area contributed by atoms with Gasteiger partial charge in [-0.25, -0.2) is 0 Å². The molecule has 0 aromatic carbocycles. The number of primary amides is 1. The third-order valence-electron chi connectivity index (χ3n) is 3.03. The van der Waals surface area contributed by atoms with Gasteiger partial charge in [0.2, 0.25) is 5.91 Å². The summed E-state index contributed by atoms with van der Waals surface area (Å²) >= 11 is 0. The van der Waals surface area contributed by atoms with E-state index in [-0.39, 0.29) is 24.7 Å². The Hall–Kier alpha value is -2.24. The largest absolute Gasteiger partial charge is 0.480 e. The Kier molecular flexibility index (Phi) is 16.5. The van der Waals surface area contributed by atoms with Gasteiger partial charge in [0, 0.05) is 6.42 Å². The van der Waals surface area contributed by atoms with Crippen LogP contribution >= 0.6 is 0 Å². The number of carbonyl (C=O) groups excluding carboxylic acids is 1. The summed E-state index contributed by atoms with van der Waals surface area (Å²) in [5.41, 5.74) is 20.1. The van der Waals surface area contributed by atoms with Crippen LogP contribution in [0.3, 0.4) is 0 Å². The minimum atomic E-state index is -1.11. The van der Waals surface area contributed by atoms with Crippen LogP contribution in [0.2, 0.25) is 0 Å². The molecule has 1 amide bonds. The van der Waals surface area contributed by atoms with Gasteiger partial charge >= 0.3 is 17.9 Å². The second-order valence-electron chi connectivity index (χ2n) is 6.17. The van der Waals surface area contributed by atoms with Crippen LogP contribution in [0.1, 0.15) is 40.5 Å². The van der Waals surface area contributed by atoms with Gasteiger partial charge in [-0.15, -0.1) is 0 Å². The third-order valence-corrected chi connectivity index (χ3v) is 3.03. The van der Waals surface area contributed by atoms with Crippen LogP contribution in [0.5, 0.6) is 0 Å². The molecule has 0 saturated heterocycles. The van der Waals surface area contributed by atoms with Gasteiger partial charge < -0.3 is 38.3 Å². The Morgan fingerprint density at radius 1 is 0.731 bits per heavy atom. The van der Waals surface area contributed by atoms with Crippen LogP contribution in [0.25, 0.3) is 0 Å². The molecular weight excluding hydrogens is 348 g/mol. The fraction of sp³-hybridized carbons (Fsp3) is 0.733. The van der Waals surface area contributed by atoms with Crippen molar-refractivity contribution in [3.05, 3.63) is 0 Å². The predicted molar refractivity (Wildman–Crippen MR) is 94.9 cm³/mol. The molecule has 0 fully saturated rings. The second kappa shape index (κ2) is 15.0. The highest BCUT2D eigenvalue weighted by molar-refractivity contribution is 5.77. The topological polar surface area (TPSA) is 233 Å². The van der Waals surface area contributed by atoms with Gasteiger partial charge in [0.05, 0.1) is 0 Å². The normalized spacial score (nSPS) is 13.4. The first-order chi connectivity index (χ1) is 11.6. The Bertz CT molecular complexity index is 431. The maximum Gasteiger partial charge on any atom is 0.320 e. The summed E-state index contributed by atoms with van der Waals surface area (Å²) < 4.78 is 0. The van der Waals surface area contributed by atoms with Gasteiger partial charge in [0.15, 0.2) is 0 Å². The number of carbonyl (C=O) groups is 4. The summed E-state index contributed by atoms with van der Waals surface area (Å²) in [5.74, 6) is -3.46. The molecule has 0 radical (unpaired) electrons. The molecule has 0 spiro atoms. The highest BCUT2D eigenvalue weighted by atomic mass is 16.4. The SMILES string of the molecule is CC(C)[C@H](N)C(=O)O.CC(C)[C@H](N)C(=O)O.NC(=O)CC[C@H](N)C(=O)O. The second-order valence-corrected chi connectivity index (χ2v) is 6.17. The van der Waals surface area contributed by atoms with Crippen molar-refractivity contribution in [2.75, 3.05) is 0 Å². The van der Waals surface area contributed by atoms with Crippen molar-refractivity contribution in [3.63, 3.8) is 0 Å². The summed E-state index contributed by atoms with van der Waals surface area (Å²) in [6.07, 6.45) is 0.123. The van der Waals surface area contributed by atoms with Crippen LogP contribution < -0.4 is 22.9 Å². The van der Waals surface area contributed by atoms with Crippen molar-refractivity contribution in [2.45, 2.75) is 58.7 Å². The van der Waals surface area contributed by atoms with Crippen molar-refractivity contribution < 1.29 is 34.5 Å². The van der Waals surface area contributed by atoms with Crippen LogP contribution in [0.15, 0.2) is 0 Å². The molecule has 0 aliphatic heterocycles. The van der Waals surface area contributed by atoms with Gasteiger partial charge in [-0.1, -0.05) is 27.7 Å². The first-order valence-corrected chi connectivity index (χ1v) is 7.88. The molecule has 11 heteroatoms. The minimum absolute atomic E-state index is 0.0208. The predicted octanol–water partition coefficient (Wildman–Crippen LogP) is -1.23. The number of rotatable bonds is 8. The zero-order chi connectivity index (χ0) is 21.6. The van der Waals surface area contributed by atoms with Gasteiger partial charge in [-0.05, 0) is 18.3 Å². The molecule has 11 N–H and O–H groups in total. The van der Waals surface area contributed by atoms with E-state index in [2.05, 4.69) is 0 Å². The van der Waals surface area contributed by atoms with Crippen LogP contribution in [0.4, 0.5) is 0 Å². The van der Waals surface area contributed by atoms with E-state index in [0.717, 1.165) is 0 Å². The van der Waals surface area contributed by atoms with E-state index < -0.39 is 41.9 Å². The van der Waals surface area contributed by atoms with E-state index in [1.54, 1.807) is 27.7 Å². The molecule has 0 rings (SSSR count). The molecular formula is C15H32N4O7. The van der Waals surface area contributed by atoms with Crippen LogP contribution in [0, 0.1) is 11.8 Å². The summed E-state index contributed by atoms with van der Waals surface area (Å²) in [6, 6.07) is -2.41. The van der Waals surface area contributed by atoms with E-state index in [1.807, 2.05) is 0 Å². The number of aliphatic carboxylic acids is 3. The molecule has 11 nitrogen and oxygen atoms in total. The number of carboxylic acids is 3. The van der Waals surface area contributed by atoms with Crippen molar-refractivity contribution in [1.82, 2.24) is 0 Å². The molecule has 154 valence electrons. The van der Waals surface area contributed by atoms with Gasteiger partial charge in [0.1, 0.15) is 18.1 Å². The monoisotopic (exact) mass is 380 g/mol. The van der Waals surface area contributed by atoms with Crippen molar-refractivity contribution in [2.24, 2.45) is 34.8 Å². The summed E-state index contributed by atoms with van der Waals surface area (Å²) in [7, 11) is 0. The Balaban J connectivity index is -0.000000308. The average molecular weight is 380 g/mol. The van der Waals surface area contributed by atoms with Gasteiger partial charge in [-0.3, -0.25) is 19.2 Å².